The molecule has 1 heterocycles. The number of rotatable bonds is 4. The van der Waals surface area contributed by atoms with E-state index in [1.54, 1.807) is 0 Å². The van der Waals surface area contributed by atoms with Gasteiger partial charge in [0.25, 0.3) is 0 Å². The molecule has 0 bridgehead atoms. The highest BCUT2D eigenvalue weighted by Gasteiger charge is 2.29. The lowest BCUT2D eigenvalue weighted by molar-refractivity contribution is -0.160. The summed E-state index contributed by atoms with van der Waals surface area (Å²) in [5, 5.41) is 2.24. The maximum Gasteiger partial charge on any atom is 0.422 e. The van der Waals surface area contributed by atoms with Crippen LogP contribution < -0.4 is 5.32 Å². The van der Waals surface area contributed by atoms with E-state index in [0.717, 1.165) is 12.8 Å². The average molecular weight is 241 g/mol. The highest BCUT2D eigenvalue weighted by molar-refractivity contribution is 5.67. The second-order valence-electron chi connectivity index (χ2n) is 3.54. The first-order valence-electron chi connectivity index (χ1n) is 5.06. The molecule has 1 rings (SSSR count). The normalized spacial score (nSPS) is 20.8. The van der Waals surface area contributed by atoms with Gasteiger partial charge in [-0.15, -0.1) is 0 Å². The number of halogens is 3. The van der Waals surface area contributed by atoms with Crippen LogP contribution in [0.25, 0.3) is 0 Å². The fourth-order valence-corrected chi connectivity index (χ4v) is 1.41. The largest absolute Gasteiger partial charge is 0.440 e. The predicted molar refractivity (Wildman–Crippen MR) is 49.0 cm³/mol. The fraction of sp³-hybridized carbons (Fsp3) is 0.889. The van der Waals surface area contributed by atoms with Gasteiger partial charge in [-0.05, 0) is 19.3 Å². The van der Waals surface area contributed by atoms with Gasteiger partial charge < -0.3 is 14.8 Å². The molecule has 16 heavy (non-hydrogen) atoms. The number of ether oxygens (including phenoxy) is 2. The summed E-state index contributed by atoms with van der Waals surface area (Å²) in [5.41, 5.74) is 0. The van der Waals surface area contributed by atoms with Gasteiger partial charge in [-0.2, -0.15) is 13.2 Å². The zero-order chi connectivity index (χ0) is 12.0. The van der Waals surface area contributed by atoms with Crippen molar-refractivity contribution in [1.29, 1.82) is 0 Å². The Bertz CT molecular complexity index is 227. The van der Waals surface area contributed by atoms with Crippen LogP contribution in [0.5, 0.6) is 0 Å². The van der Waals surface area contributed by atoms with Crippen molar-refractivity contribution in [2.24, 2.45) is 0 Å². The second-order valence-corrected chi connectivity index (χ2v) is 3.54. The first kappa shape index (κ1) is 13.1. The number of hydrogen-bond donors (Lipinski definition) is 1. The van der Waals surface area contributed by atoms with E-state index in [-0.39, 0.29) is 12.6 Å². The first-order chi connectivity index (χ1) is 7.47. The molecular weight excluding hydrogens is 227 g/mol. The lowest BCUT2D eigenvalue weighted by Crippen LogP contribution is -2.31. The van der Waals surface area contributed by atoms with E-state index in [1.807, 2.05) is 0 Å². The van der Waals surface area contributed by atoms with Crippen molar-refractivity contribution in [2.75, 3.05) is 19.8 Å². The Morgan fingerprint density at radius 3 is 2.81 bits per heavy atom. The van der Waals surface area contributed by atoms with Gasteiger partial charge in [0.1, 0.15) is 0 Å². The Morgan fingerprint density at radius 2 is 2.25 bits per heavy atom. The number of alkyl halides is 3. The van der Waals surface area contributed by atoms with E-state index >= 15 is 0 Å². The molecule has 0 radical (unpaired) electrons. The molecule has 0 aliphatic carbocycles. The molecule has 1 aliphatic rings. The number of carbonyl (C=O) groups is 1. The van der Waals surface area contributed by atoms with Gasteiger partial charge in [-0.3, -0.25) is 0 Å². The van der Waals surface area contributed by atoms with Crippen molar-refractivity contribution in [3.8, 4) is 0 Å². The molecule has 0 spiro atoms. The molecule has 7 heteroatoms. The summed E-state index contributed by atoms with van der Waals surface area (Å²) < 4.78 is 44.2. The Labute approximate surface area is 91.1 Å². The highest BCUT2D eigenvalue weighted by Crippen LogP contribution is 2.15. The summed E-state index contributed by atoms with van der Waals surface area (Å²) in [6, 6.07) is 0. The van der Waals surface area contributed by atoms with Gasteiger partial charge in [0.05, 0.1) is 6.10 Å². The van der Waals surface area contributed by atoms with Crippen molar-refractivity contribution in [2.45, 2.75) is 31.5 Å². The number of nitrogens with one attached hydrogen (secondary N) is 1. The number of alkyl carbamates (subject to hydrolysis) is 1. The third kappa shape index (κ3) is 5.79. The van der Waals surface area contributed by atoms with Crippen LogP contribution in [-0.4, -0.2) is 38.1 Å². The Hall–Kier alpha value is -0.980. The van der Waals surface area contributed by atoms with Crippen molar-refractivity contribution in [1.82, 2.24) is 5.32 Å². The maximum atomic E-state index is 11.7. The molecule has 0 aromatic carbocycles. The molecule has 4 nitrogen and oxygen atoms in total. The van der Waals surface area contributed by atoms with Crippen LogP contribution in [0.4, 0.5) is 18.0 Å². The lowest BCUT2D eigenvalue weighted by atomic mass is 10.2. The quantitative estimate of drug-likeness (QED) is 0.817. The zero-order valence-electron chi connectivity index (χ0n) is 8.68. The average Bonchev–Trinajstić information content (AvgIpc) is 2.66. The number of amides is 1. The molecule has 1 saturated heterocycles. The standard InChI is InChI=1S/C9H14F3NO3/c10-9(11,12)6-16-8(14)13-4-3-7-2-1-5-15-7/h7H,1-6H2,(H,13,14). The van der Waals surface area contributed by atoms with Gasteiger partial charge in [0.15, 0.2) is 6.61 Å². The van der Waals surface area contributed by atoms with E-state index in [9.17, 15) is 18.0 Å². The third-order valence-corrected chi connectivity index (χ3v) is 2.13. The molecule has 1 N–H and O–H groups in total. The Balaban J connectivity index is 2.01. The van der Waals surface area contributed by atoms with Crippen molar-refractivity contribution in [3.05, 3.63) is 0 Å². The summed E-state index contributed by atoms with van der Waals surface area (Å²) in [5.74, 6) is 0. The monoisotopic (exact) mass is 241 g/mol. The van der Waals surface area contributed by atoms with Crippen LogP contribution in [0.3, 0.4) is 0 Å². The van der Waals surface area contributed by atoms with E-state index in [0.29, 0.717) is 13.0 Å². The zero-order valence-corrected chi connectivity index (χ0v) is 8.68. The van der Waals surface area contributed by atoms with Crippen molar-refractivity contribution >= 4 is 6.09 Å². The highest BCUT2D eigenvalue weighted by atomic mass is 19.4. The maximum absolute atomic E-state index is 11.7. The number of carbonyl (C=O) groups excluding carboxylic acids is 1. The van der Waals surface area contributed by atoms with Crippen LogP contribution in [0, 0.1) is 0 Å². The smallest absolute Gasteiger partial charge is 0.422 e. The molecule has 0 saturated carbocycles. The summed E-state index contributed by atoms with van der Waals surface area (Å²) in [4.78, 5) is 10.8. The third-order valence-electron chi connectivity index (χ3n) is 2.13. The minimum Gasteiger partial charge on any atom is -0.440 e. The van der Waals surface area contributed by atoms with Gasteiger partial charge >= 0.3 is 12.3 Å². The Morgan fingerprint density at radius 1 is 1.50 bits per heavy atom. The van der Waals surface area contributed by atoms with Crippen LogP contribution in [0.2, 0.25) is 0 Å². The van der Waals surface area contributed by atoms with Gasteiger partial charge in [-0.1, -0.05) is 0 Å². The molecule has 1 unspecified atom stereocenters. The first-order valence-corrected chi connectivity index (χ1v) is 5.06. The van der Waals surface area contributed by atoms with E-state index < -0.39 is 18.9 Å². The Kier molecular flexibility index (Phi) is 4.85. The minimum absolute atomic E-state index is 0.0999. The van der Waals surface area contributed by atoms with Crippen LogP contribution >= 0.6 is 0 Å². The van der Waals surface area contributed by atoms with E-state index in [2.05, 4.69) is 10.1 Å². The summed E-state index contributed by atoms with van der Waals surface area (Å²) >= 11 is 0. The van der Waals surface area contributed by atoms with Crippen molar-refractivity contribution < 1.29 is 27.4 Å². The lowest BCUT2D eigenvalue weighted by Gasteiger charge is -2.11. The van der Waals surface area contributed by atoms with Crippen LogP contribution in [-0.2, 0) is 9.47 Å². The molecular formula is C9H14F3NO3. The topological polar surface area (TPSA) is 47.6 Å². The van der Waals surface area contributed by atoms with Crippen molar-refractivity contribution in [3.63, 3.8) is 0 Å². The van der Waals surface area contributed by atoms with E-state index in [4.69, 9.17) is 4.74 Å². The van der Waals surface area contributed by atoms with E-state index in [1.165, 1.54) is 0 Å². The molecule has 0 aromatic rings. The molecule has 1 atom stereocenters. The van der Waals surface area contributed by atoms with Crippen LogP contribution in [0.15, 0.2) is 0 Å². The van der Waals surface area contributed by atoms with Gasteiger partial charge in [-0.25, -0.2) is 4.79 Å². The SMILES string of the molecule is O=C(NCCC1CCCO1)OCC(F)(F)F. The minimum atomic E-state index is -4.48. The molecule has 0 aromatic heterocycles. The number of hydrogen-bond acceptors (Lipinski definition) is 3. The molecule has 1 amide bonds. The predicted octanol–water partition coefficient (Wildman–Crippen LogP) is 1.84. The fourth-order valence-electron chi connectivity index (χ4n) is 1.41. The molecule has 1 aliphatic heterocycles. The summed E-state index contributed by atoms with van der Waals surface area (Å²) in [6.07, 6.45) is -2.91. The summed E-state index contributed by atoms with van der Waals surface area (Å²) in [7, 11) is 0. The molecule has 1 fully saturated rings. The second kappa shape index (κ2) is 5.93. The summed E-state index contributed by atoms with van der Waals surface area (Å²) in [6.45, 7) is -0.580. The van der Waals surface area contributed by atoms with Gasteiger partial charge in [0, 0.05) is 13.2 Å². The van der Waals surface area contributed by atoms with Crippen LogP contribution in [0.1, 0.15) is 19.3 Å². The molecule has 94 valence electrons. The van der Waals surface area contributed by atoms with Gasteiger partial charge in [0.2, 0.25) is 0 Å².